The van der Waals surface area contributed by atoms with Crippen LogP contribution in [0.1, 0.15) is 81.2 Å². The summed E-state index contributed by atoms with van der Waals surface area (Å²) in [7, 11) is 4.19. The summed E-state index contributed by atoms with van der Waals surface area (Å²) in [4.78, 5) is 13.7. The maximum absolute atomic E-state index is 13.7. The van der Waals surface area contributed by atoms with Crippen LogP contribution in [0.3, 0.4) is 0 Å². The number of ether oxygens (including phenoxy) is 5. The molecule has 55 heavy (non-hydrogen) atoms. The third-order valence-electron chi connectivity index (χ3n) is 11.5. The summed E-state index contributed by atoms with van der Waals surface area (Å²) < 4.78 is 43.5. The number of rotatable bonds is 25. The van der Waals surface area contributed by atoms with Crippen molar-refractivity contribution in [2.45, 2.75) is 143 Å². The van der Waals surface area contributed by atoms with E-state index in [4.69, 9.17) is 32.5 Å². The molecule has 0 bridgehead atoms. The summed E-state index contributed by atoms with van der Waals surface area (Å²) in [6.45, 7) is 34.2. The first-order valence-electron chi connectivity index (χ1n) is 19.9. The Balaban J connectivity index is 3.48. The van der Waals surface area contributed by atoms with E-state index in [0.29, 0.717) is 41.4 Å². The molecule has 6 atom stereocenters. The fourth-order valence-corrected chi connectivity index (χ4v) is 10.8. The predicted octanol–water partition coefficient (Wildman–Crippen LogP) is 10.9. The van der Waals surface area contributed by atoms with Crippen LogP contribution in [0.25, 0.3) is 0 Å². The third-order valence-corrected chi connectivity index (χ3v) is 20.6. The molecule has 0 spiro atoms. The molecule has 314 valence electrons. The molecule has 0 aromatic heterocycles. The summed E-state index contributed by atoms with van der Waals surface area (Å²) in [6.07, 6.45) is 7.83. The molecule has 1 aromatic rings. The van der Waals surface area contributed by atoms with Gasteiger partial charge in [-0.15, -0.1) is 6.58 Å². The molecule has 0 saturated carbocycles. The normalized spacial score (nSPS) is 16.2. The number of carbonyl (C=O) groups excluding carboxylic acids is 1. The lowest BCUT2D eigenvalue weighted by Crippen LogP contribution is -2.49. The second-order valence-corrected chi connectivity index (χ2v) is 25.9. The summed E-state index contributed by atoms with van der Waals surface area (Å²) in [5.74, 6) is 1.48. The number of benzene rings is 1. The SMILES string of the molecule is C=C[C@H](C)[C@@H](O[Si](C)(C)C(C)(C)C)[C@H](C[C@H](C)Cc1c(OC)c(NC(=O)/C(C)=C/C=C\[C@H](OC)[C@@H](O[Si](CC)(CC)CC)C(=C)C)cc(OC)c1OC)OC. The van der Waals surface area contributed by atoms with E-state index in [1.54, 1.807) is 54.6 Å². The molecule has 0 aliphatic heterocycles. The van der Waals surface area contributed by atoms with Gasteiger partial charge in [-0.1, -0.05) is 91.8 Å². The zero-order valence-electron chi connectivity index (χ0n) is 37.6. The molecule has 0 fully saturated rings. The molecule has 1 amide bonds. The molecule has 0 saturated heterocycles. The number of hydrogen-bond donors (Lipinski definition) is 1. The number of anilines is 1. The van der Waals surface area contributed by atoms with Crippen molar-refractivity contribution in [2.75, 3.05) is 40.9 Å². The maximum atomic E-state index is 13.7. The van der Waals surface area contributed by atoms with E-state index < -0.39 is 16.6 Å². The minimum Gasteiger partial charge on any atom is -0.494 e. The van der Waals surface area contributed by atoms with Crippen molar-refractivity contribution in [3.63, 3.8) is 0 Å². The number of carbonyl (C=O) groups is 1. The smallest absolute Gasteiger partial charge is 0.251 e. The number of hydrogen-bond acceptors (Lipinski definition) is 8. The first kappa shape index (κ1) is 50.3. The number of nitrogens with one attached hydrogen (secondary N) is 1. The topological polar surface area (TPSA) is 93.7 Å². The summed E-state index contributed by atoms with van der Waals surface area (Å²) >= 11 is 0. The number of amides is 1. The first-order valence-corrected chi connectivity index (χ1v) is 25.3. The fraction of sp³-hybridized carbons (Fsp3) is 0.659. The van der Waals surface area contributed by atoms with Crippen molar-refractivity contribution in [3.05, 3.63) is 60.2 Å². The van der Waals surface area contributed by atoms with Gasteiger partial charge in [0.05, 0.1) is 45.3 Å². The molecule has 0 radical (unpaired) electrons. The van der Waals surface area contributed by atoms with Gasteiger partial charge in [0.2, 0.25) is 0 Å². The molecular formula is C44H77NO8Si2. The monoisotopic (exact) mass is 804 g/mol. The Hall–Kier alpha value is -2.68. The molecule has 1 aromatic carbocycles. The van der Waals surface area contributed by atoms with Gasteiger partial charge >= 0.3 is 0 Å². The molecule has 11 heteroatoms. The zero-order chi connectivity index (χ0) is 42.3. The van der Waals surface area contributed by atoms with Gasteiger partial charge in [-0.05, 0) is 68.9 Å². The van der Waals surface area contributed by atoms with Gasteiger partial charge in [0, 0.05) is 37.3 Å². The van der Waals surface area contributed by atoms with Crippen LogP contribution in [0.5, 0.6) is 17.2 Å². The van der Waals surface area contributed by atoms with Crippen molar-refractivity contribution in [1.29, 1.82) is 0 Å². The molecule has 9 nitrogen and oxygen atoms in total. The van der Waals surface area contributed by atoms with Crippen LogP contribution in [0.4, 0.5) is 5.69 Å². The quantitative estimate of drug-likeness (QED) is 0.0452. The third kappa shape index (κ3) is 13.7. The molecule has 0 aliphatic carbocycles. The van der Waals surface area contributed by atoms with Crippen molar-refractivity contribution < 1.29 is 37.3 Å². The van der Waals surface area contributed by atoms with E-state index >= 15 is 0 Å². The zero-order valence-corrected chi connectivity index (χ0v) is 39.6. The van der Waals surface area contributed by atoms with Gasteiger partial charge in [-0.2, -0.15) is 0 Å². The van der Waals surface area contributed by atoms with Gasteiger partial charge in [-0.3, -0.25) is 4.79 Å². The van der Waals surface area contributed by atoms with Crippen LogP contribution >= 0.6 is 0 Å². The highest BCUT2D eigenvalue weighted by Gasteiger charge is 2.42. The van der Waals surface area contributed by atoms with Crippen LogP contribution in [-0.4, -0.2) is 82.5 Å². The standard InChI is InChI=1S/C44H77NO8Si2/c1-20-32(8)40(52-54(18,19)44(10,11)12)37(48-14)28-31(7)27-34-41(50-16)35(29-38(49-15)42(34)51-17)45-43(46)33(9)25-24-26-36(47-13)39(30(5)6)53-55(21-2,22-3)23-4/h20,24-26,29,31-32,36-37,39-40H,1,5,21-23,27-28H2,2-4,6-19H3,(H,45,46)/b26-24-,33-25+/t31-,32+,36+,37+,39+,40-/m1/s1. The van der Waals surface area contributed by atoms with Crippen LogP contribution in [0.15, 0.2) is 54.7 Å². The van der Waals surface area contributed by atoms with E-state index in [1.807, 2.05) is 25.2 Å². The van der Waals surface area contributed by atoms with Crippen molar-refractivity contribution in [2.24, 2.45) is 11.8 Å². The van der Waals surface area contributed by atoms with Crippen LogP contribution < -0.4 is 19.5 Å². The van der Waals surface area contributed by atoms with Crippen LogP contribution in [-0.2, 0) is 29.5 Å². The average molecular weight is 804 g/mol. The van der Waals surface area contributed by atoms with Crippen molar-refractivity contribution in [3.8, 4) is 17.2 Å². The highest BCUT2D eigenvalue weighted by Crippen LogP contribution is 2.45. The second kappa shape index (κ2) is 22.9. The molecule has 0 aliphatic rings. The Morgan fingerprint density at radius 1 is 0.909 bits per heavy atom. The lowest BCUT2D eigenvalue weighted by atomic mass is 9.89. The number of methoxy groups -OCH3 is 5. The molecule has 0 heterocycles. The van der Waals surface area contributed by atoms with E-state index in [0.717, 1.165) is 29.3 Å². The average Bonchev–Trinajstić information content (AvgIpc) is 3.14. The Kier molecular flexibility index (Phi) is 21.0. The van der Waals surface area contributed by atoms with Crippen molar-refractivity contribution >= 4 is 28.2 Å². The fourth-order valence-electron chi connectivity index (χ4n) is 6.56. The molecular weight excluding hydrogens is 727 g/mol. The Morgan fingerprint density at radius 3 is 1.93 bits per heavy atom. The minimum atomic E-state index is -2.11. The van der Waals surface area contributed by atoms with Gasteiger partial charge in [0.25, 0.3) is 5.91 Å². The lowest BCUT2D eigenvalue weighted by Gasteiger charge is -2.43. The van der Waals surface area contributed by atoms with Gasteiger partial charge in [0.1, 0.15) is 11.9 Å². The van der Waals surface area contributed by atoms with Gasteiger partial charge < -0.3 is 37.9 Å². The van der Waals surface area contributed by atoms with Crippen LogP contribution in [0.2, 0.25) is 36.3 Å². The van der Waals surface area contributed by atoms with E-state index in [2.05, 4.69) is 87.0 Å². The lowest BCUT2D eigenvalue weighted by molar-refractivity contribution is -0.112. The minimum absolute atomic E-state index is 0.0449. The number of allylic oxidation sites excluding steroid dienone is 2. The van der Waals surface area contributed by atoms with E-state index in [1.165, 1.54) is 0 Å². The Bertz CT molecular complexity index is 1440. The largest absolute Gasteiger partial charge is 0.494 e. The molecule has 0 unspecified atom stereocenters. The molecule has 1 N–H and O–H groups in total. The predicted molar refractivity (Wildman–Crippen MR) is 235 cm³/mol. The van der Waals surface area contributed by atoms with Crippen molar-refractivity contribution in [1.82, 2.24) is 0 Å². The van der Waals surface area contributed by atoms with Gasteiger partial charge in [-0.25, -0.2) is 0 Å². The van der Waals surface area contributed by atoms with E-state index in [-0.39, 0.29) is 47.2 Å². The first-order chi connectivity index (χ1) is 25.7. The maximum Gasteiger partial charge on any atom is 0.251 e. The van der Waals surface area contributed by atoms with Crippen LogP contribution in [0, 0.1) is 11.8 Å². The van der Waals surface area contributed by atoms with Gasteiger partial charge in [0.15, 0.2) is 28.1 Å². The molecule has 1 rings (SSSR count). The summed E-state index contributed by atoms with van der Waals surface area (Å²) in [5, 5.41) is 3.11. The highest BCUT2D eigenvalue weighted by molar-refractivity contribution is 6.74. The Labute approximate surface area is 337 Å². The summed E-state index contributed by atoms with van der Waals surface area (Å²) in [6, 6.07) is 4.82. The Morgan fingerprint density at radius 2 is 1.49 bits per heavy atom. The second-order valence-electron chi connectivity index (χ2n) is 16.4. The highest BCUT2D eigenvalue weighted by atomic mass is 28.4. The van der Waals surface area contributed by atoms with E-state index in [9.17, 15) is 4.79 Å². The summed E-state index contributed by atoms with van der Waals surface area (Å²) in [5.41, 5.74) is 2.69.